The highest BCUT2D eigenvalue weighted by atomic mass is 16.5. The summed E-state index contributed by atoms with van der Waals surface area (Å²) < 4.78 is 6.22. The van der Waals surface area contributed by atoms with E-state index >= 15 is 0 Å². The molecule has 1 saturated heterocycles. The van der Waals surface area contributed by atoms with Crippen LogP contribution >= 0.6 is 0 Å². The van der Waals surface area contributed by atoms with E-state index in [1.165, 1.54) is 25.9 Å². The summed E-state index contributed by atoms with van der Waals surface area (Å²) in [5.74, 6) is 0. The van der Waals surface area contributed by atoms with Gasteiger partial charge in [0.05, 0.1) is 20.1 Å². The van der Waals surface area contributed by atoms with Gasteiger partial charge in [0.2, 0.25) is 0 Å². The predicted molar refractivity (Wildman–Crippen MR) is 39.0 cm³/mol. The van der Waals surface area contributed by atoms with Crippen molar-refractivity contribution in [2.75, 3.05) is 34.0 Å². The molecule has 0 unspecified atom stereocenters. The minimum Gasteiger partial charge on any atom is -0.870 e. The van der Waals surface area contributed by atoms with Crippen molar-refractivity contribution in [2.24, 2.45) is 0 Å². The SMILES string of the molecule is COC[N+]1(C)CCCC1.[OH-]. The zero-order chi connectivity index (χ0) is 6.74. The lowest BCUT2D eigenvalue weighted by Crippen LogP contribution is -2.42. The summed E-state index contributed by atoms with van der Waals surface area (Å²) in [5, 5.41) is 0. The zero-order valence-corrected chi connectivity index (χ0v) is 6.84. The minimum absolute atomic E-state index is 0. The van der Waals surface area contributed by atoms with Crippen LogP contribution in [-0.4, -0.2) is 43.9 Å². The first-order valence-corrected chi connectivity index (χ1v) is 3.59. The Kier molecular flexibility index (Phi) is 3.86. The van der Waals surface area contributed by atoms with Crippen molar-refractivity contribution in [1.29, 1.82) is 0 Å². The lowest BCUT2D eigenvalue weighted by atomic mass is 10.4. The topological polar surface area (TPSA) is 39.2 Å². The highest BCUT2D eigenvalue weighted by molar-refractivity contribution is 4.48. The molecule has 1 aliphatic heterocycles. The number of likely N-dealkylation sites (tertiary alicyclic amines) is 1. The van der Waals surface area contributed by atoms with E-state index in [1.54, 1.807) is 7.11 Å². The highest BCUT2D eigenvalue weighted by Crippen LogP contribution is 2.14. The maximum atomic E-state index is 5.10. The summed E-state index contributed by atoms with van der Waals surface area (Å²) in [6.07, 6.45) is 2.75. The molecule has 0 spiro atoms. The summed E-state index contributed by atoms with van der Waals surface area (Å²) in [5.41, 5.74) is 0. The molecule has 0 aromatic carbocycles. The molecule has 1 rings (SSSR count). The van der Waals surface area contributed by atoms with Crippen LogP contribution in [0.5, 0.6) is 0 Å². The van der Waals surface area contributed by atoms with Gasteiger partial charge in [0, 0.05) is 20.0 Å². The Morgan fingerprint density at radius 1 is 1.30 bits per heavy atom. The lowest BCUT2D eigenvalue weighted by Gasteiger charge is -2.27. The van der Waals surface area contributed by atoms with E-state index in [2.05, 4.69) is 7.05 Å². The molecule has 1 heterocycles. The van der Waals surface area contributed by atoms with Crippen LogP contribution in [0, 0.1) is 0 Å². The number of quaternary nitrogens is 1. The van der Waals surface area contributed by atoms with E-state index in [4.69, 9.17) is 4.74 Å². The molecule has 0 amide bonds. The Hall–Kier alpha value is -0.120. The van der Waals surface area contributed by atoms with Gasteiger partial charge in [0.1, 0.15) is 0 Å². The van der Waals surface area contributed by atoms with Crippen molar-refractivity contribution in [3.05, 3.63) is 0 Å². The molecule has 1 aliphatic rings. The van der Waals surface area contributed by atoms with Crippen LogP contribution in [-0.2, 0) is 4.74 Å². The number of hydrogen-bond donors (Lipinski definition) is 0. The molecule has 0 atom stereocenters. The third-order valence-electron chi connectivity index (χ3n) is 2.09. The van der Waals surface area contributed by atoms with Crippen molar-refractivity contribution >= 4 is 0 Å². The van der Waals surface area contributed by atoms with Crippen LogP contribution in [0.4, 0.5) is 0 Å². The second-order valence-electron chi connectivity index (χ2n) is 3.19. The summed E-state index contributed by atoms with van der Waals surface area (Å²) in [7, 11) is 4.04. The van der Waals surface area contributed by atoms with Crippen LogP contribution in [0.3, 0.4) is 0 Å². The Morgan fingerprint density at radius 3 is 2.20 bits per heavy atom. The van der Waals surface area contributed by atoms with E-state index < -0.39 is 0 Å². The molecule has 0 aliphatic carbocycles. The molecule has 0 saturated carbocycles. The second kappa shape index (κ2) is 3.91. The van der Waals surface area contributed by atoms with Crippen LogP contribution in [0.15, 0.2) is 0 Å². The maximum absolute atomic E-state index is 5.10. The maximum Gasteiger partial charge on any atom is 0.182 e. The molecule has 3 heteroatoms. The van der Waals surface area contributed by atoms with Gasteiger partial charge in [-0.3, -0.25) is 0 Å². The smallest absolute Gasteiger partial charge is 0.182 e. The van der Waals surface area contributed by atoms with E-state index in [1.807, 2.05) is 0 Å². The first-order valence-electron chi connectivity index (χ1n) is 3.59. The third kappa shape index (κ3) is 2.25. The monoisotopic (exact) mass is 147 g/mol. The van der Waals surface area contributed by atoms with Crippen molar-refractivity contribution in [1.82, 2.24) is 0 Å². The van der Waals surface area contributed by atoms with E-state index in [0.717, 1.165) is 11.2 Å². The van der Waals surface area contributed by atoms with Gasteiger partial charge in [-0.05, 0) is 0 Å². The largest absolute Gasteiger partial charge is 0.870 e. The average molecular weight is 147 g/mol. The fourth-order valence-electron chi connectivity index (χ4n) is 1.54. The van der Waals surface area contributed by atoms with Gasteiger partial charge in [-0.1, -0.05) is 0 Å². The van der Waals surface area contributed by atoms with Gasteiger partial charge in [0.25, 0.3) is 0 Å². The van der Waals surface area contributed by atoms with Crippen molar-refractivity contribution in [3.63, 3.8) is 0 Å². The summed E-state index contributed by atoms with van der Waals surface area (Å²) in [6, 6.07) is 0. The zero-order valence-electron chi connectivity index (χ0n) is 6.84. The number of methoxy groups -OCH3 is 1. The van der Waals surface area contributed by atoms with Crippen molar-refractivity contribution < 1.29 is 14.7 Å². The molecular weight excluding hydrogens is 130 g/mol. The summed E-state index contributed by atoms with van der Waals surface area (Å²) in [6.45, 7) is 3.49. The standard InChI is InChI=1S/C7H16NO.H2O/c1-8(7-9-2)5-3-4-6-8;/h3-7H2,1-2H3;1H2/q+1;/p-1. The van der Waals surface area contributed by atoms with Gasteiger partial charge in [-0.2, -0.15) is 0 Å². The summed E-state index contributed by atoms with van der Waals surface area (Å²) >= 11 is 0. The fourth-order valence-corrected chi connectivity index (χ4v) is 1.54. The molecule has 3 nitrogen and oxygen atoms in total. The molecule has 62 valence electrons. The number of nitrogens with zero attached hydrogens (tertiary/aromatic N) is 1. The Bertz CT molecular complexity index is 89.6. The fraction of sp³-hybridized carbons (Fsp3) is 1.00. The molecule has 10 heavy (non-hydrogen) atoms. The van der Waals surface area contributed by atoms with Gasteiger partial charge in [-0.25, -0.2) is 0 Å². The first-order chi connectivity index (χ1) is 4.27. The molecule has 0 aromatic heterocycles. The number of rotatable bonds is 2. The van der Waals surface area contributed by atoms with Gasteiger partial charge >= 0.3 is 0 Å². The van der Waals surface area contributed by atoms with Gasteiger partial charge in [-0.15, -0.1) is 0 Å². The van der Waals surface area contributed by atoms with Crippen LogP contribution in [0.2, 0.25) is 0 Å². The highest BCUT2D eigenvalue weighted by Gasteiger charge is 2.25. The summed E-state index contributed by atoms with van der Waals surface area (Å²) in [4.78, 5) is 0. The van der Waals surface area contributed by atoms with Gasteiger partial charge < -0.3 is 14.7 Å². The Labute approximate surface area is 62.5 Å². The normalized spacial score (nSPS) is 22.2. The first kappa shape index (κ1) is 9.88. The number of hydrogen-bond acceptors (Lipinski definition) is 2. The molecule has 0 radical (unpaired) electrons. The van der Waals surface area contributed by atoms with E-state index in [9.17, 15) is 0 Å². The average Bonchev–Trinajstić information content (AvgIpc) is 2.16. The molecular formula is C7H17NO2. The van der Waals surface area contributed by atoms with E-state index in [0.29, 0.717) is 0 Å². The predicted octanol–water partition coefficient (Wildman–Crippen LogP) is 0.654. The minimum atomic E-state index is 0. The lowest BCUT2D eigenvalue weighted by molar-refractivity contribution is -0.916. The van der Waals surface area contributed by atoms with Crippen LogP contribution in [0.25, 0.3) is 0 Å². The molecule has 1 N–H and O–H groups in total. The third-order valence-corrected chi connectivity index (χ3v) is 2.09. The van der Waals surface area contributed by atoms with Gasteiger partial charge in [0.15, 0.2) is 6.73 Å². The molecule has 0 aromatic rings. The van der Waals surface area contributed by atoms with Crippen LogP contribution in [0.1, 0.15) is 12.8 Å². The Balaban J connectivity index is 0.000000810. The van der Waals surface area contributed by atoms with Crippen molar-refractivity contribution in [3.8, 4) is 0 Å². The Morgan fingerprint density at radius 2 is 1.80 bits per heavy atom. The second-order valence-corrected chi connectivity index (χ2v) is 3.19. The molecule has 1 fully saturated rings. The number of ether oxygens (including phenoxy) is 1. The molecule has 0 bridgehead atoms. The van der Waals surface area contributed by atoms with Crippen molar-refractivity contribution in [2.45, 2.75) is 12.8 Å². The quantitative estimate of drug-likeness (QED) is 0.538. The van der Waals surface area contributed by atoms with E-state index in [-0.39, 0.29) is 5.48 Å². The van der Waals surface area contributed by atoms with Crippen LogP contribution < -0.4 is 0 Å².